The number of ether oxygens (including phenoxy) is 3. The highest BCUT2D eigenvalue weighted by atomic mass is 127. The van der Waals surface area contributed by atoms with Crippen LogP contribution in [0.1, 0.15) is 31.7 Å². The number of likely N-dealkylation sites (tertiary alicyclic amines) is 1. The Labute approximate surface area is 192 Å². The van der Waals surface area contributed by atoms with Crippen molar-refractivity contribution >= 4 is 29.9 Å². The molecule has 0 spiro atoms. The maximum atomic E-state index is 5.96. The van der Waals surface area contributed by atoms with Gasteiger partial charge in [0, 0.05) is 58.7 Å². The minimum Gasteiger partial charge on any atom is -0.381 e. The Balaban J connectivity index is 0.00000300. The largest absolute Gasteiger partial charge is 0.381 e. The Morgan fingerprint density at radius 2 is 2.03 bits per heavy atom. The number of rotatable bonds is 8. The van der Waals surface area contributed by atoms with Gasteiger partial charge in [-0.1, -0.05) is 30.3 Å². The predicted octanol–water partition coefficient (Wildman–Crippen LogP) is 3.30. The first-order chi connectivity index (χ1) is 13.7. The van der Waals surface area contributed by atoms with Crippen LogP contribution in [0.15, 0.2) is 35.3 Å². The van der Waals surface area contributed by atoms with Crippen LogP contribution in [0.25, 0.3) is 0 Å². The Morgan fingerprint density at radius 1 is 1.28 bits per heavy atom. The molecule has 0 bridgehead atoms. The lowest BCUT2D eigenvalue weighted by molar-refractivity contribution is -0.0829. The number of methoxy groups -OCH3 is 1. The van der Waals surface area contributed by atoms with Gasteiger partial charge in [0.2, 0.25) is 0 Å². The number of hydrogen-bond donors (Lipinski definition) is 1. The fraction of sp³-hybridized carbons (Fsp3) is 0.682. The fourth-order valence-corrected chi connectivity index (χ4v) is 3.89. The monoisotopic (exact) mass is 517 g/mol. The predicted molar refractivity (Wildman–Crippen MR) is 127 cm³/mol. The summed E-state index contributed by atoms with van der Waals surface area (Å²) in [6.07, 6.45) is 2.95. The first-order valence-corrected chi connectivity index (χ1v) is 10.5. The highest BCUT2D eigenvalue weighted by Gasteiger charge is 2.33. The molecule has 1 unspecified atom stereocenters. The van der Waals surface area contributed by atoms with Crippen molar-refractivity contribution in [2.45, 2.75) is 38.4 Å². The Bertz CT molecular complexity index is 609. The van der Waals surface area contributed by atoms with Gasteiger partial charge in [0.15, 0.2) is 5.96 Å². The van der Waals surface area contributed by atoms with E-state index in [4.69, 9.17) is 19.2 Å². The summed E-state index contributed by atoms with van der Waals surface area (Å²) in [4.78, 5) is 7.30. The van der Waals surface area contributed by atoms with Gasteiger partial charge < -0.3 is 24.4 Å². The molecule has 0 aromatic heterocycles. The van der Waals surface area contributed by atoms with Crippen molar-refractivity contribution < 1.29 is 14.2 Å². The van der Waals surface area contributed by atoms with Gasteiger partial charge in [0.1, 0.15) is 0 Å². The summed E-state index contributed by atoms with van der Waals surface area (Å²) in [5.74, 6) is 1.54. The first kappa shape index (κ1) is 24.4. The molecule has 1 N–H and O–H groups in total. The number of nitrogens with zero attached hydrogens (tertiary/aromatic N) is 2. The number of guanidine groups is 1. The number of halogens is 1. The molecule has 2 saturated heterocycles. The van der Waals surface area contributed by atoms with Gasteiger partial charge in [0.25, 0.3) is 0 Å². The molecule has 2 fully saturated rings. The van der Waals surface area contributed by atoms with E-state index in [1.54, 1.807) is 7.11 Å². The van der Waals surface area contributed by atoms with E-state index in [0.717, 1.165) is 64.7 Å². The molecule has 0 radical (unpaired) electrons. The van der Waals surface area contributed by atoms with Crippen LogP contribution in [0.2, 0.25) is 0 Å². The lowest BCUT2D eigenvalue weighted by Crippen LogP contribution is -2.44. The topological polar surface area (TPSA) is 55.3 Å². The quantitative estimate of drug-likeness (QED) is 0.326. The summed E-state index contributed by atoms with van der Waals surface area (Å²) in [5, 5.41) is 3.46. The molecule has 3 rings (SSSR count). The Morgan fingerprint density at radius 3 is 2.72 bits per heavy atom. The number of nitrogens with one attached hydrogen (secondary N) is 1. The molecule has 0 amide bonds. The van der Waals surface area contributed by atoms with Gasteiger partial charge >= 0.3 is 0 Å². The molecule has 0 saturated carbocycles. The second-order valence-corrected chi connectivity index (χ2v) is 7.77. The van der Waals surface area contributed by atoms with E-state index in [0.29, 0.717) is 19.1 Å². The average molecular weight is 517 g/mol. The Hall–Kier alpha value is -0.900. The SMILES string of the molecule is CCNC(=NCC1(OC)CCOCC1)N1CCC(COCc2ccccc2)C1.I. The van der Waals surface area contributed by atoms with Gasteiger partial charge in [0.05, 0.1) is 25.4 Å². The van der Waals surface area contributed by atoms with E-state index in [1.807, 2.05) is 6.07 Å². The lowest BCUT2D eigenvalue weighted by Gasteiger charge is -2.35. The van der Waals surface area contributed by atoms with Crippen LogP contribution in [0.4, 0.5) is 0 Å². The molecule has 164 valence electrons. The smallest absolute Gasteiger partial charge is 0.194 e. The second kappa shape index (κ2) is 12.7. The van der Waals surface area contributed by atoms with Crippen molar-refractivity contribution in [2.24, 2.45) is 10.9 Å². The van der Waals surface area contributed by atoms with Crippen molar-refractivity contribution in [1.29, 1.82) is 0 Å². The van der Waals surface area contributed by atoms with Crippen molar-refractivity contribution in [3.05, 3.63) is 35.9 Å². The number of benzene rings is 1. The summed E-state index contributed by atoms with van der Waals surface area (Å²) in [5.41, 5.74) is 1.05. The molecule has 1 aromatic rings. The molecule has 29 heavy (non-hydrogen) atoms. The molecular formula is C22H36IN3O3. The average Bonchev–Trinajstić information content (AvgIpc) is 3.21. The first-order valence-electron chi connectivity index (χ1n) is 10.5. The summed E-state index contributed by atoms with van der Waals surface area (Å²) < 4.78 is 17.3. The lowest BCUT2D eigenvalue weighted by atomic mass is 9.94. The zero-order chi connectivity index (χ0) is 19.7. The van der Waals surface area contributed by atoms with Crippen molar-refractivity contribution in [2.75, 3.05) is 53.1 Å². The summed E-state index contributed by atoms with van der Waals surface area (Å²) in [6.45, 7) is 8.67. The van der Waals surface area contributed by atoms with Crippen LogP contribution in [0, 0.1) is 5.92 Å². The highest BCUT2D eigenvalue weighted by Crippen LogP contribution is 2.25. The third kappa shape index (κ3) is 7.38. The van der Waals surface area contributed by atoms with E-state index in [9.17, 15) is 0 Å². The minimum absolute atomic E-state index is 0. The minimum atomic E-state index is -0.184. The van der Waals surface area contributed by atoms with Crippen LogP contribution < -0.4 is 5.32 Å². The Kier molecular flexibility index (Phi) is 10.7. The maximum absolute atomic E-state index is 5.96. The zero-order valence-electron chi connectivity index (χ0n) is 17.8. The van der Waals surface area contributed by atoms with E-state index in [-0.39, 0.29) is 29.6 Å². The summed E-state index contributed by atoms with van der Waals surface area (Å²) >= 11 is 0. The molecule has 2 heterocycles. The zero-order valence-corrected chi connectivity index (χ0v) is 20.1. The van der Waals surface area contributed by atoms with Gasteiger partial charge in [-0.25, -0.2) is 0 Å². The van der Waals surface area contributed by atoms with Gasteiger partial charge in [-0.3, -0.25) is 4.99 Å². The molecule has 6 nitrogen and oxygen atoms in total. The molecule has 7 heteroatoms. The van der Waals surface area contributed by atoms with E-state index >= 15 is 0 Å². The van der Waals surface area contributed by atoms with Gasteiger partial charge in [-0.2, -0.15) is 0 Å². The van der Waals surface area contributed by atoms with Crippen LogP contribution in [0.5, 0.6) is 0 Å². The highest BCUT2D eigenvalue weighted by molar-refractivity contribution is 14.0. The van der Waals surface area contributed by atoms with Crippen LogP contribution in [-0.4, -0.2) is 69.6 Å². The van der Waals surface area contributed by atoms with Gasteiger partial charge in [-0.05, 0) is 18.9 Å². The molecule has 2 aliphatic rings. The molecule has 1 atom stereocenters. The summed E-state index contributed by atoms with van der Waals surface area (Å²) in [6, 6.07) is 10.4. The van der Waals surface area contributed by atoms with Crippen molar-refractivity contribution in [1.82, 2.24) is 10.2 Å². The van der Waals surface area contributed by atoms with E-state index < -0.39 is 0 Å². The van der Waals surface area contributed by atoms with Crippen LogP contribution >= 0.6 is 24.0 Å². The van der Waals surface area contributed by atoms with Crippen LogP contribution in [-0.2, 0) is 20.8 Å². The van der Waals surface area contributed by atoms with Crippen LogP contribution in [0.3, 0.4) is 0 Å². The maximum Gasteiger partial charge on any atom is 0.194 e. The van der Waals surface area contributed by atoms with E-state index in [2.05, 4.69) is 41.4 Å². The van der Waals surface area contributed by atoms with E-state index in [1.165, 1.54) is 5.56 Å². The molecule has 1 aromatic carbocycles. The number of hydrogen-bond acceptors (Lipinski definition) is 4. The standard InChI is InChI=1S/C22H35N3O3.HI/c1-3-23-21(24-18-22(26-2)10-13-27-14-11-22)25-12-9-20(15-25)17-28-16-19-7-5-4-6-8-19;/h4-8,20H,3,9-18H2,1-2H3,(H,23,24);1H. The third-order valence-corrected chi connectivity index (χ3v) is 5.74. The molecular weight excluding hydrogens is 481 g/mol. The number of aliphatic imine (C=N–C) groups is 1. The molecule has 2 aliphatic heterocycles. The molecule has 0 aliphatic carbocycles. The van der Waals surface area contributed by atoms with Crippen molar-refractivity contribution in [3.8, 4) is 0 Å². The second-order valence-electron chi connectivity index (χ2n) is 7.77. The fourth-order valence-electron chi connectivity index (χ4n) is 3.89. The van der Waals surface area contributed by atoms with Crippen molar-refractivity contribution in [3.63, 3.8) is 0 Å². The van der Waals surface area contributed by atoms with Gasteiger partial charge in [-0.15, -0.1) is 24.0 Å². The summed E-state index contributed by atoms with van der Waals surface area (Å²) in [7, 11) is 1.80. The normalized spacial score (nSPS) is 21.7. The third-order valence-electron chi connectivity index (χ3n) is 5.74.